The van der Waals surface area contributed by atoms with Gasteiger partial charge in [0.2, 0.25) is 0 Å². The maximum atomic E-state index is 11.8. The highest BCUT2D eigenvalue weighted by Crippen LogP contribution is 2.19. The number of benzene rings is 1. The van der Waals surface area contributed by atoms with Crippen LogP contribution in [0.5, 0.6) is 5.75 Å². The molecule has 108 valence electrons. The van der Waals surface area contributed by atoms with E-state index in [1.54, 1.807) is 13.0 Å². The van der Waals surface area contributed by atoms with Crippen molar-refractivity contribution in [2.75, 3.05) is 7.05 Å². The highest BCUT2D eigenvalue weighted by molar-refractivity contribution is 5.99. The van der Waals surface area contributed by atoms with Gasteiger partial charge in [-0.15, -0.1) is 0 Å². The molecule has 0 saturated carbocycles. The first-order valence-electron chi connectivity index (χ1n) is 5.88. The Labute approximate surface area is 115 Å². The number of aromatic hydroxyl groups is 1. The number of hydrogen-bond donors (Lipinski definition) is 3. The summed E-state index contributed by atoms with van der Waals surface area (Å²) in [7, 11) is 1.35. The molecule has 0 aliphatic heterocycles. The van der Waals surface area contributed by atoms with Crippen LogP contribution in [0.15, 0.2) is 18.2 Å². The number of carbonyl (C=O) groups excluding carboxylic acids is 3. The molecule has 7 nitrogen and oxygen atoms in total. The topological polar surface area (TPSA) is 105 Å². The Morgan fingerprint density at radius 3 is 2.50 bits per heavy atom. The third kappa shape index (κ3) is 3.98. The van der Waals surface area contributed by atoms with Crippen molar-refractivity contribution >= 4 is 17.9 Å². The van der Waals surface area contributed by atoms with E-state index in [-0.39, 0.29) is 11.3 Å². The smallest absolute Gasteiger partial charge is 0.342 e. The van der Waals surface area contributed by atoms with E-state index in [1.807, 2.05) is 5.32 Å². The number of aryl methyl sites for hydroxylation is 1. The molecule has 20 heavy (non-hydrogen) atoms. The van der Waals surface area contributed by atoms with E-state index in [2.05, 4.69) is 5.32 Å². The van der Waals surface area contributed by atoms with Crippen LogP contribution >= 0.6 is 0 Å². The van der Waals surface area contributed by atoms with Crippen LogP contribution in [0.25, 0.3) is 0 Å². The van der Waals surface area contributed by atoms with Crippen molar-refractivity contribution < 1.29 is 24.2 Å². The number of imide groups is 1. The second kappa shape index (κ2) is 6.55. The largest absolute Gasteiger partial charge is 0.507 e. The molecular formula is C13H16N2O5. The average molecular weight is 280 g/mol. The lowest BCUT2D eigenvalue weighted by Crippen LogP contribution is -2.43. The first-order chi connectivity index (χ1) is 9.35. The van der Waals surface area contributed by atoms with Gasteiger partial charge in [0.25, 0.3) is 5.91 Å². The lowest BCUT2D eigenvalue weighted by molar-refractivity contribution is -0.127. The zero-order chi connectivity index (χ0) is 15.3. The van der Waals surface area contributed by atoms with Gasteiger partial charge < -0.3 is 15.2 Å². The summed E-state index contributed by atoms with van der Waals surface area (Å²) in [4.78, 5) is 34.2. The molecule has 3 amide bonds. The molecule has 0 unspecified atom stereocenters. The van der Waals surface area contributed by atoms with E-state index >= 15 is 0 Å². The van der Waals surface area contributed by atoms with Crippen molar-refractivity contribution in [1.82, 2.24) is 10.6 Å². The van der Waals surface area contributed by atoms with Crippen LogP contribution < -0.4 is 10.6 Å². The number of esters is 1. The van der Waals surface area contributed by atoms with Gasteiger partial charge in [-0.25, -0.2) is 9.59 Å². The van der Waals surface area contributed by atoms with Crippen LogP contribution in [0, 0.1) is 6.92 Å². The van der Waals surface area contributed by atoms with Crippen molar-refractivity contribution in [2.24, 2.45) is 0 Å². The molecule has 1 atom stereocenters. The summed E-state index contributed by atoms with van der Waals surface area (Å²) in [6.45, 7) is 3.08. The van der Waals surface area contributed by atoms with E-state index in [1.165, 1.54) is 26.1 Å². The minimum atomic E-state index is -1.17. The number of phenols is 1. The maximum absolute atomic E-state index is 11.8. The summed E-state index contributed by atoms with van der Waals surface area (Å²) in [5.41, 5.74) is 0.736. The van der Waals surface area contributed by atoms with Gasteiger partial charge in [0.1, 0.15) is 11.3 Å². The number of ether oxygens (including phenoxy) is 1. The van der Waals surface area contributed by atoms with Crippen molar-refractivity contribution in [1.29, 1.82) is 0 Å². The number of rotatable bonds is 3. The quantitative estimate of drug-likeness (QED) is 0.707. The highest BCUT2D eigenvalue weighted by atomic mass is 16.5. The van der Waals surface area contributed by atoms with Crippen LogP contribution in [0.4, 0.5) is 4.79 Å². The zero-order valence-electron chi connectivity index (χ0n) is 11.4. The van der Waals surface area contributed by atoms with Crippen LogP contribution in [-0.2, 0) is 9.53 Å². The molecule has 0 spiro atoms. The highest BCUT2D eigenvalue weighted by Gasteiger charge is 2.22. The third-order valence-electron chi connectivity index (χ3n) is 2.49. The van der Waals surface area contributed by atoms with Crippen molar-refractivity contribution in [3.8, 4) is 5.75 Å². The summed E-state index contributed by atoms with van der Waals surface area (Å²) in [6.07, 6.45) is -1.17. The van der Waals surface area contributed by atoms with Gasteiger partial charge in [-0.3, -0.25) is 10.1 Å². The molecule has 0 radical (unpaired) electrons. The Kier molecular flexibility index (Phi) is 5.08. The fourth-order valence-electron chi connectivity index (χ4n) is 1.37. The van der Waals surface area contributed by atoms with Gasteiger partial charge >= 0.3 is 12.0 Å². The third-order valence-corrected chi connectivity index (χ3v) is 2.49. The normalized spacial score (nSPS) is 11.3. The number of nitrogens with one attached hydrogen (secondary N) is 2. The van der Waals surface area contributed by atoms with Gasteiger partial charge in [0, 0.05) is 7.05 Å². The average Bonchev–Trinajstić information content (AvgIpc) is 2.37. The lowest BCUT2D eigenvalue weighted by atomic mass is 10.1. The predicted octanol–water partition coefficient (Wildman–Crippen LogP) is 0.702. The minimum absolute atomic E-state index is 0.0461. The molecule has 0 heterocycles. The predicted molar refractivity (Wildman–Crippen MR) is 70.3 cm³/mol. The Bertz CT molecular complexity index is 542. The molecule has 1 rings (SSSR count). The van der Waals surface area contributed by atoms with E-state index in [0.717, 1.165) is 5.56 Å². The zero-order valence-corrected chi connectivity index (χ0v) is 11.4. The number of phenolic OH excluding ortho intramolecular Hbond substituents is 1. The summed E-state index contributed by atoms with van der Waals surface area (Å²) < 4.78 is 4.87. The van der Waals surface area contributed by atoms with E-state index < -0.39 is 24.0 Å². The summed E-state index contributed by atoms with van der Waals surface area (Å²) >= 11 is 0. The van der Waals surface area contributed by atoms with Gasteiger partial charge in [0.05, 0.1) is 0 Å². The summed E-state index contributed by atoms with van der Waals surface area (Å²) in [6, 6.07) is 3.74. The number of carbonyl (C=O) groups is 3. The van der Waals surface area contributed by atoms with Crippen molar-refractivity contribution in [2.45, 2.75) is 20.0 Å². The van der Waals surface area contributed by atoms with E-state index in [0.29, 0.717) is 0 Å². The molecule has 1 aromatic rings. The SMILES string of the molecule is CNC(=O)NC(=O)[C@H](C)OC(=O)c1ccc(C)cc1O. The van der Waals surface area contributed by atoms with Crippen LogP contribution in [0.3, 0.4) is 0 Å². The molecule has 0 fully saturated rings. The second-order valence-electron chi connectivity index (χ2n) is 4.14. The number of amides is 3. The molecule has 1 aromatic carbocycles. The van der Waals surface area contributed by atoms with Crippen LogP contribution in [-0.4, -0.2) is 36.2 Å². The monoisotopic (exact) mass is 280 g/mol. The first-order valence-corrected chi connectivity index (χ1v) is 5.88. The van der Waals surface area contributed by atoms with E-state index in [4.69, 9.17) is 4.74 Å². The molecule has 3 N–H and O–H groups in total. The first kappa shape index (κ1) is 15.5. The van der Waals surface area contributed by atoms with Gasteiger partial charge in [0.15, 0.2) is 6.10 Å². The fourth-order valence-corrected chi connectivity index (χ4v) is 1.37. The summed E-state index contributed by atoms with van der Waals surface area (Å²) in [5, 5.41) is 13.8. The minimum Gasteiger partial charge on any atom is -0.507 e. The Balaban J connectivity index is 2.70. The molecule has 0 aliphatic rings. The molecular weight excluding hydrogens is 264 g/mol. The number of hydrogen-bond acceptors (Lipinski definition) is 5. The molecule has 0 saturated heterocycles. The summed E-state index contributed by atoms with van der Waals surface area (Å²) in [5.74, 6) is -1.83. The van der Waals surface area contributed by atoms with Crippen LogP contribution in [0.2, 0.25) is 0 Å². The Morgan fingerprint density at radius 1 is 1.30 bits per heavy atom. The lowest BCUT2D eigenvalue weighted by Gasteiger charge is -2.13. The molecule has 0 aliphatic carbocycles. The fraction of sp³-hybridized carbons (Fsp3) is 0.308. The van der Waals surface area contributed by atoms with Gasteiger partial charge in [-0.2, -0.15) is 0 Å². The molecule has 7 heteroatoms. The van der Waals surface area contributed by atoms with Crippen molar-refractivity contribution in [3.05, 3.63) is 29.3 Å². The maximum Gasteiger partial charge on any atom is 0.342 e. The van der Waals surface area contributed by atoms with Gasteiger partial charge in [-0.05, 0) is 31.5 Å². The molecule has 0 aromatic heterocycles. The Morgan fingerprint density at radius 2 is 1.95 bits per heavy atom. The standard InChI is InChI=1S/C13H16N2O5/c1-7-4-5-9(10(16)6-7)12(18)20-8(2)11(17)15-13(19)14-3/h4-6,8,16H,1-3H3,(H2,14,15,17,19)/t8-/m0/s1. The Hall–Kier alpha value is -2.57. The van der Waals surface area contributed by atoms with Crippen molar-refractivity contribution in [3.63, 3.8) is 0 Å². The molecule has 0 bridgehead atoms. The van der Waals surface area contributed by atoms with Gasteiger partial charge in [-0.1, -0.05) is 6.07 Å². The number of urea groups is 1. The van der Waals surface area contributed by atoms with Crippen LogP contribution in [0.1, 0.15) is 22.8 Å². The van der Waals surface area contributed by atoms with E-state index in [9.17, 15) is 19.5 Å². The second-order valence-corrected chi connectivity index (χ2v) is 4.14.